The number of hydrogen-bond donors (Lipinski definition) is 2. The molecule has 0 aromatic heterocycles. The minimum Gasteiger partial charge on any atom is -0.497 e. The minimum absolute atomic E-state index is 0.0199. The molecular formula is C27H32N2O5. The molecule has 2 saturated heterocycles. The standard InChI is InChI=1S/C27H32N2O5/c1-33-23-9-6-19-13-24(28-14-20(19)12-23)26(31)11-10-25(30)17-2-4-18(5-3-17)27(32)29-21-7-8-22(29)16-34-15-21/h2-6,9,12,21-22,24,26,28,31H,7-8,10-11,13-16H2,1H3/t21?,22?,24-,26+/m0/s1. The molecule has 2 bridgehead atoms. The van der Waals surface area contributed by atoms with Gasteiger partial charge in [0.2, 0.25) is 0 Å². The van der Waals surface area contributed by atoms with Crippen molar-refractivity contribution in [3.05, 3.63) is 64.7 Å². The van der Waals surface area contributed by atoms with E-state index in [9.17, 15) is 14.7 Å². The van der Waals surface area contributed by atoms with E-state index in [0.29, 0.717) is 37.3 Å². The third-order valence-corrected chi connectivity index (χ3v) is 7.47. The summed E-state index contributed by atoms with van der Waals surface area (Å²) in [7, 11) is 1.65. The molecule has 3 heterocycles. The van der Waals surface area contributed by atoms with Crippen LogP contribution in [-0.2, 0) is 17.7 Å². The Kier molecular flexibility index (Phi) is 6.68. The zero-order chi connectivity index (χ0) is 23.7. The SMILES string of the molecule is COc1ccc2c(c1)CN[C@H]([C@H](O)CCC(=O)c1ccc(C(=O)N3C4CCC3COC4)cc1)C2. The van der Waals surface area contributed by atoms with Crippen LogP contribution < -0.4 is 10.1 Å². The fourth-order valence-corrected chi connectivity index (χ4v) is 5.45. The minimum atomic E-state index is -0.614. The summed E-state index contributed by atoms with van der Waals surface area (Å²) in [6, 6.07) is 13.2. The number of nitrogens with zero attached hydrogens (tertiary/aromatic N) is 1. The number of rotatable bonds is 7. The Balaban J connectivity index is 1.14. The van der Waals surface area contributed by atoms with Gasteiger partial charge in [0.25, 0.3) is 5.91 Å². The molecule has 3 aliphatic rings. The number of amides is 1. The predicted molar refractivity (Wildman–Crippen MR) is 127 cm³/mol. The van der Waals surface area contributed by atoms with Gasteiger partial charge in [-0.15, -0.1) is 0 Å². The number of ketones is 1. The van der Waals surface area contributed by atoms with Crippen molar-refractivity contribution in [3.63, 3.8) is 0 Å². The number of hydrogen-bond acceptors (Lipinski definition) is 6. The van der Waals surface area contributed by atoms with Gasteiger partial charge >= 0.3 is 0 Å². The van der Waals surface area contributed by atoms with Crippen molar-refractivity contribution in [1.82, 2.24) is 10.2 Å². The number of ether oxygens (including phenoxy) is 2. The second-order valence-corrected chi connectivity index (χ2v) is 9.57. The number of nitrogens with one attached hydrogen (secondary N) is 1. The average molecular weight is 465 g/mol. The van der Waals surface area contributed by atoms with E-state index >= 15 is 0 Å². The van der Waals surface area contributed by atoms with Gasteiger partial charge in [-0.3, -0.25) is 9.59 Å². The van der Waals surface area contributed by atoms with Crippen molar-refractivity contribution in [2.24, 2.45) is 0 Å². The third kappa shape index (κ3) is 4.60. The zero-order valence-electron chi connectivity index (χ0n) is 19.5. The first kappa shape index (κ1) is 23.0. The van der Waals surface area contributed by atoms with E-state index < -0.39 is 6.10 Å². The Hall–Kier alpha value is -2.74. The molecule has 1 amide bonds. The number of morpholine rings is 1. The Labute approximate surface area is 200 Å². The number of aliphatic hydroxyl groups is 1. The van der Waals surface area contributed by atoms with Crippen molar-refractivity contribution < 1.29 is 24.2 Å². The van der Waals surface area contributed by atoms with Crippen molar-refractivity contribution in [2.45, 2.75) is 62.9 Å². The lowest BCUT2D eigenvalue weighted by Gasteiger charge is -2.34. The van der Waals surface area contributed by atoms with Crippen LogP contribution in [0.15, 0.2) is 42.5 Å². The maximum Gasteiger partial charge on any atom is 0.254 e. The lowest BCUT2D eigenvalue weighted by molar-refractivity contribution is -0.00716. The van der Waals surface area contributed by atoms with Crippen LogP contribution >= 0.6 is 0 Å². The van der Waals surface area contributed by atoms with E-state index in [1.807, 2.05) is 23.1 Å². The lowest BCUT2D eigenvalue weighted by Crippen LogP contribution is -2.49. The van der Waals surface area contributed by atoms with E-state index in [-0.39, 0.29) is 36.2 Å². The molecule has 0 aliphatic carbocycles. The molecule has 0 saturated carbocycles. The van der Waals surface area contributed by atoms with Crippen molar-refractivity contribution in [2.75, 3.05) is 20.3 Å². The number of carbonyl (C=O) groups is 2. The van der Waals surface area contributed by atoms with Crippen LogP contribution in [-0.4, -0.2) is 66.2 Å². The van der Waals surface area contributed by atoms with Crippen molar-refractivity contribution in [1.29, 1.82) is 0 Å². The highest BCUT2D eigenvalue weighted by atomic mass is 16.5. The van der Waals surface area contributed by atoms with E-state index in [0.717, 1.165) is 25.0 Å². The van der Waals surface area contributed by atoms with E-state index in [1.54, 1.807) is 31.4 Å². The average Bonchev–Trinajstić information content (AvgIpc) is 3.13. The van der Waals surface area contributed by atoms with Gasteiger partial charge in [-0.1, -0.05) is 18.2 Å². The van der Waals surface area contributed by atoms with Gasteiger partial charge in [-0.2, -0.15) is 0 Å². The number of Topliss-reactive ketones (excluding diaryl/α,β-unsaturated/α-hetero) is 1. The maximum atomic E-state index is 13.0. The number of aliphatic hydroxyl groups excluding tert-OH is 1. The molecule has 3 aliphatic heterocycles. The summed E-state index contributed by atoms with van der Waals surface area (Å²) in [6.45, 7) is 1.89. The maximum absolute atomic E-state index is 13.0. The molecular weight excluding hydrogens is 432 g/mol. The molecule has 2 N–H and O–H groups in total. The molecule has 34 heavy (non-hydrogen) atoms. The first-order valence-corrected chi connectivity index (χ1v) is 12.1. The van der Waals surface area contributed by atoms with Crippen LogP contribution in [0.1, 0.15) is 57.5 Å². The quantitative estimate of drug-likeness (QED) is 0.613. The summed E-state index contributed by atoms with van der Waals surface area (Å²) >= 11 is 0. The molecule has 7 nitrogen and oxygen atoms in total. The van der Waals surface area contributed by atoms with Crippen LogP contribution in [0.25, 0.3) is 0 Å². The van der Waals surface area contributed by atoms with Crippen LogP contribution in [0.4, 0.5) is 0 Å². The number of carbonyl (C=O) groups excluding carboxylic acids is 2. The Morgan fingerprint density at radius 1 is 1.09 bits per heavy atom. The van der Waals surface area contributed by atoms with Gasteiger partial charge in [0.15, 0.2) is 5.78 Å². The Bertz CT molecular complexity index is 1040. The lowest BCUT2D eigenvalue weighted by atomic mass is 9.90. The van der Waals surface area contributed by atoms with Crippen molar-refractivity contribution >= 4 is 11.7 Å². The molecule has 2 unspecified atom stereocenters. The number of benzene rings is 2. The molecule has 0 spiro atoms. The molecule has 5 rings (SSSR count). The van der Waals surface area contributed by atoms with Crippen LogP contribution in [0.3, 0.4) is 0 Å². The van der Waals surface area contributed by atoms with Crippen molar-refractivity contribution in [3.8, 4) is 5.75 Å². The molecule has 2 aromatic carbocycles. The summed E-state index contributed by atoms with van der Waals surface area (Å²) in [4.78, 5) is 27.7. The second-order valence-electron chi connectivity index (χ2n) is 9.57. The van der Waals surface area contributed by atoms with Crippen LogP contribution in [0.5, 0.6) is 5.75 Å². The number of fused-ring (bicyclic) bond motifs is 3. The van der Waals surface area contributed by atoms with E-state index in [2.05, 4.69) is 5.32 Å². The molecule has 0 radical (unpaired) electrons. The molecule has 180 valence electrons. The predicted octanol–water partition coefficient (Wildman–Crippen LogP) is 2.74. The zero-order valence-corrected chi connectivity index (χ0v) is 19.5. The van der Waals surface area contributed by atoms with Gasteiger partial charge in [0.1, 0.15) is 5.75 Å². The molecule has 2 aromatic rings. The van der Waals surface area contributed by atoms with Crippen LogP contribution in [0.2, 0.25) is 0 Å². The molecule has 7 heteroatoms. The second kappa shape index (κ2) is 9.86. The summed E-state index contributed by atoms with van der Waals surface area (Å²) in [5.74, 6) is 0.826. The Morgan fingerprint density at radius 2 is 1.79 bits per heavy atom. The van der Waals surface area contributed by atoms with E-state index in [1.165, 1.54) is 11.1 Å². The summed E-state index contributed by atoms with van der Waals surface area (Å²) < 4.78 is 10.9. The summed E-state index contributed by atoms with van der Waals surface area (Å²) in [6.07, 6.45) is 2.73. The monoisotopic (exact) mass is 464 g/mol. The van der Waals surface area contributed by atoms with Gasteiger partial charge in [0.05, 0.1) is 38.5 Å². The highest BCUT2D eigenvalue weighted by molar-refractivity contribution is 5.99. The largest absolute Gasteiger partial charge is 0.497 e. The molecule has 2 fully saturated rings. The van der Waals surface area contributed by atoms with Gasteiger partial charge in [-0.05, 0) is 61.1 Å². The smallest absolute Gasteiger partial charge is 0.254 e. The summed E-state index contributed by atoms with van der Waals surface area (Å²) in [5, 5.41) is 14.1. The molecule has 4 atom stereocenters. The van der Waals surface area contributed by atoms with Gasteiger partial charge in [-0.25, -0.2) is 0 Å². The fourth-order valence-electron chi connectivity index (χ4n) is 5.45. The van der Waals surface area contributed by atoms with Gasteiger partial charge in [0, 0.05) is 30.1 Å². The highest BCUT2D eigenvalue weighted by Gasteiger charge is 2.40. The van der Waals surface area contributed by atoms with E-state index in [4.69, 9.17) is 9.47 Å². The van der Waals surface area contributed by atoms with Gasteiger partial charge < -0.3 is 24.8 Å². The fraction of sp³-hybridized carbons (Fsp3) is 0.481. The highest BCUT2D eigenvalue weighted by Crippen LogP contribution is 2.30. The first-order valence-electron chi connectivity index (χ1n) is 12.1. The van der Waals surface area contributed by atoms with Crippen LogP contribution in [0, 0.1) is 0 Å². The topological polar surface area (TPSA) is 88.1 Å². The summed E-state index contributed by atoms with van der Waals surface area (Å²) in [5.41, 5.74) is 3.56. The Morgan fingerprint density at radius 3 is 2.50 bits per heavy atom. The number of methoxy groups -OCH3 is 1. The first-order chi connectivity index (χ1) is 16.5. The normalized spacial score (nSPS) is 24.4. The third-order valence-electron chi connectivity index (χ3n) is 7.47.